The van der Waals surface area contributed by atoms with Gasteiger partial charge in [0.15, 0.2) is 5.78 Å². The summed E-state index contributed by atoms with van der Waals surface area (Å²) in [5.41, 5.74) is 0.831. The Morgan fingerprint density at radius 1 is 1.47 bits per heavy atom. The lowest BCUT2D eigenvalue weighted by atomic mass is 10.1. The van der Waals surface area contributed by atoms with Crippen LogP contribution in [0.25, 0.3) is 0 Å². The van der Waals surface area contributed by atoms with Crippen molar-refractivity contribution >= 4 is 33.5 Å². The van der Waals surface area contributed by atoms with Gasteiger partial charge in [-0.2, -0.15) is 0 Å². The van der Waals surface area contributed by atoms with Gasteiger partial charge in [0.25, 0.3) is 0 Å². The van der Waals surface area contributed by atoms with E-state index in [1.54, 1.807) is 0 Å². The van der Waals surface area contributed by atoms with Crippen molar-refractivity contribution in [3.8, 4) is 0 Å². The number of amides is 1. The molecule has 0 aliphatic heterocycles. The number of rotatable bonds is 3. The Labute approximate surface area is 100.0 Å². The smallest absolute Gasteiger partial charge is 0.411 e. The number of carbonyl (C=O) groups excluding carboxylic acids is 2. The highest BCUT2D eigenvalue weighted by Gasteiger charge is 2.04. The summed E-state index contributed by atoms with van der Waals surface area (Å²) < 4.78 is 24.3. The minimum absolute atomic E-state index is 0.0911. The Bertz CT molecular complexity index is 445. The topological polar surface area (TPSA) is 55.4 Å². The molecule has 1 aromatic carbocycles. The number of benzene rings is 1. The molecule has 0 bridgehead atoms. The number of hydrogen-bond acceptors (Lipinski definition) is 3. The first kappa shape index (κ1) is 7.87. The molecule has 1 aromatic rings. The molecule has 0 spiro atoms. The number of hydrogen-bond donors (Lipinski definition) is 1. The van der Waals surface area contributed by atoms with Crippen LogP contribution in [-0.2, 0) is 4.74 Å². The van der Waals surface area contributed by atoms with Crippen molar-refractivity contribution in [3.63, 3.8) is 0 Å². The molecule has 1 rings (SSSR count). The van der Waals surface area contributed by atoms with Gasteiger partial charge in [-0.1, -0.05) is 15.9 Å². The van der Waals surface area contributed by atoms with E-state index < -0.39 is 13.1 Å². The predicted octanol–water partition coefficient (Wildman–Crippen LogP) is 2.44. The van der Waals surface area contributed by atoms with Crippen molar-refractivity contribution in [2.75, 3.05) is 17.7 Å². The van der Waals surface area contributed by atoms with Crippen LogP contribution in [0.1, 0.15) is 14.5 Å². The zero-order valence-corrected chi connectivity index (χ0v) is 9.21. The summed E-state index contributed by atoms with van der Waals surface area (Å²) in [6.45, 7) is 0. The first-order chi connectivity index (χ1) is 8.31. The van der Waals surface area contributed by atoms with E-state index in [-0.39, 0.29) is 11.1 Å². The molecule has 0 saturated heterocycles. The monoisotopic (exact) mass is 274 g/mol. The molecule has 0 heterocycles. The van der Waals surface area contributed by atoms with Crippen molar-refractivity contribution in [2.45, 2.75) is 0 Å². The van der Waals surface area contributed by atoms with Gasteiger partial charge >= 0.3 is 6.09 Å². The van der Waals surface area contributed by atoms with E-state index >= 15 is 0 Å². The van der Waals surface area contributed by atoms with E-state index in [0.29, 0.717) is 11.3 Å². The van der Waals surface area contributed by atoms with E-state index in [0.717, 1.165) is 0 Å². The molecule has 15 heavy (non-hydrogen) atoms. The molecule has 1 amide bonds. The quantitative estimate of drug-likeness (QED) is 0.681. The molecule has 0 aliphatic rings. The van der Waals surface area contributed by atoms with Crippen molar-refractivity contribution < 1.29 is 18.4 Å². The largest absolute Gasteiger partial charge is 0.453 e. The van der Waals surface area contributed by atoms with Gasteiger partial charge in [0.1, 0.15) is 0 Å². The number of halogens is 1. The van der Waals surface area contributed by atoms with Gasteiger partial charge in [0, 0.05) is 11.3 Å². The van der Waals surface area contributed by atoms with Crippen molar-refractivity contribution in [2.24, 2.45) is 0 Å². The fourth-order valence-corrected chi connectivity index (χ4v) is 1.28. The van der Waals surface area contributed by atoms with Crippen LogP contribution < -0.4 is 5.32 Å². The highest BCUT2D eigenvalue weighted by atomic mass is 79.9. The molecule has 0 aromatic heterocycles. The Morgan fingerprint density at radius 2 is 2.13 bits per heavy atom. The molecule has 0 atom stereocenters. The van der Waals surface area contributed by atoms with E-state index in [2.05, 4.69) is 26.0 Å². The van der Waals surface area contributed by atoms with Crippen LogP contribution in [0.3, 0.4) is 0 Å². The predicted molar refractivity (Wildman–Crippen MR) is 60.6 cm³/mol. The third-order valence-electron chi connectivity index (χ3n) is 1.67. The van der Waals surface area contributed by atoms with Gasteiger partial charge in [-0.25, -0.2) is 4.79 Å². The molecule has 4 nitrogen and oxygen atoms in total. The maximum absolute atomic E-state index is 11.3. The van der Waals surface area contributed by atoms with Crippen LogP contribution in [0.5, 0.6) is 0 Å². The highest BCUT2D eigenvalue weighted by Crippen LogP contribution is 2.10. The molecule has 1 N–H and O–H groups in total. The Kier molecular flexibility index (Phi) is 2.89. The van der Waals surface area contributed by atoms with Crippen LogP contribution in [0.2, 0.25) is 0 Å². The average molecular weight is 275 g/mol. The standard InChI is InChI=1S/C10H10BrNO3/c1-15-10(14)12-8-4-2-7(3-5-8)9(13)6-11/h2-5H,6H2,1H3,(H,12,14)/i1D3. The summed E-state index contributed by atoms with van der Waals surface area (Å²) in [6, 6.07) is 6.01. The van der Waals surface area contributed by atoms with E-state index in [1.165, 1.54) is 24.3 Å². The Balaban J connectivity index is 2.64. The van der Waals surface area contributed by atoms with Gasteiger partial charge in [-0.3, -0.25) is 10.1 Å². The fraction of sp³-hybridized carbons (Fsp3) is 0.200. The van der Waals surface area contributed by atoms with Crippen molar-refractivity contribution in [1.82, 2.24) is 0 Å². The van der Waals surface area contributed by atoms with E-state index in [1.807, 2.05) is 0 Å². The molecular formula is C10H10BrNO3. The van der Waals surface area contributed by atoms with Crippen LogP contribution in [-0.4, -0.2) is 24.2 Å². The SMILES string of the molecule is [2H]C([2H])([2H])OC(=O)Nc1ccc(C(=O)CBr)cc1. The number of Topliss-reactive ketones (excluding diaryl/α,β-unsaturated/α-hetero) is 1. The van der Waals surface area contributed by atoms with Crippen molar-refractivity contribution in [3.05, 3.63) is 29.8 Å². The Hall–Kier alpha value is -1.36. The maximum atomic E-state index is 11.3. The zero-order valence-electron chi connectivity index (χ0n) is 10.6. The van der Waals surface area contributed by atoms with Gasteiger partial charge < -0.3 is 4.74 Å². The first-order valence-electron chi connectivity index (χ1n) is 5.51. The van der Waals surface area contributed by atoms with Crippen LogP contribution in [0.15, 0.2) is 24.3 Å². The van der Waals surface area contributed by atoms with Crippen molar-refractivity contribution in [1.29, 1.82) is 0 Å². The second-order valence-corrected chi connectivity index (χ2v) is 3.21. The Morgan fingerprint density at radius 3 is 2.67 bits per heavy atom. The molecule has 0 radical (unpaired) electrons. The van der Waals surface area contributed by atoms with Gasteiger partial charge in [-0.15, -0.1) is 0 Å². The number of nitrogens with one attached hydrogen (secondary N) is 1. The molecule has 0 aliphatic carbocycles. The summed E-state index contributed by atoms with van der Waals surface area (Å²) in [6.07, 6.45) is -1.07. The van der Waals surface area contributed by atoms with Gasteiger partial charge in [-0.05, 0) is 24.3 Å². The summed E-state index contributed by atoms with van der Waals surface area (Å²) in [4.78, 5) is 22.4. The molecule has 0 unspecified atom stereocenters. The molecule has 0 saturated carbocycles. The number of methoxy groups -OCH3 is 1. The third-order valence-corrected chi connectivity index (χ3v) is 2.18. The average Bonchev–Trinajstić information content (AvgIpc) is 2.26. The lowest BCUT2D eigenvalue weighted by molar-refractivity contribution is 0.102. The molecule has 80 valence electrons. The van der Waals surface area contributed by atoms with Crippen LogP contribution >= 0.6 is 15.9 Å². The fourth-order valence-electron chi connectivity index (χ4n) is 0.960. The summed E-state index contributed by atoms with van der Waals surface area (Å²) in [7, 11) is -2.78. The van der Waals surface area contributed by atoms with Gasteiger partial charge in [0.2, 0.25) is 0 Å². The summed E-state index contributed by atoms with van der Waals surface area (Å²) >= 11 is 3.04. The second kappa shape index (κ2) is 5.50. The summed E-state index contributed by atoms with van der Waals surface area (Å²) in [5, 5.41) is 2.45. The minimum Gasteiger partial charge on any atom is -0.453 e. The normalized spacial score (nSPS) is 13.3. The second-order valence-electron chi connectivity index (χ2n) is 2.65. The number of ketones is 1. The number of alkyl halides is 1. The van der Waals surface area contributed by atoms with E-state index in [9.17, 15) is 9.59 Å². The highest BCUT2D eigenvalue weighted by molar-refractivity contribution is 9.09. The molecule has 0 fully saturated rings. The van der Waals surface area contributed by atoms with Gasteiger partial charge in [0.05, 0.1) is 16.5 Å². The molecular weight excluding hydrogens is 262 g/mol. The minimum atomic E-state index is -2.78. The van der Waals surface area contributed by atoms with Crippen LogP contribution in [0.4, 0.5) is 10.5 Å². The molecule has 5 heteroatoms. The number of ether oxygens (including phenoxy) is 1. The van der Waals surface area contributed by atoms with E-state index in [4.69, 9.17) is 4.11 Å². The first-order valence-corrected chi connectivity index (χ1v) is 5.13. The maximum Gasteiger partial charge on any atom is 0.411 e. The van der Waals surface area contributed by atoms with Crippen LogP contribution in [0, 0.1) is 0 Å². The number of carbonyl (C=O) groups is 2. The zero-order chi connectivity index (χ0) is 13.8. The lowest BCUT2D eigenvalue weighted by Gasteiger charge is -2.03. The lowest BCUT2D eigenvalue weighted by Crippen LogP contribution is -2.11. The third kappa shape index (κ3) is 3.36. The summed E-state index contributed by atoms with van der Waals surface area (Å²) in [5.74, 6) is -0.0911. The number of anilines is 1.